The highest BCUT2D eigenvalue weighted by molar-refractivity contribution is 5.93. The number of fused-ring (bicyclic) bond motifs is 1. The number of halogens is 2. The molecule has 168 valence electrons. The maximum Gasteiger partial charge on any atom is 0.266 e. The fourth-order valence-corrected chi connectivity index (χ4v) is 3.39. The Balaban J connectivity index is 1.51. The average molecular weight is 450 g/mol. The van der Waals surface area contributed by atoms with Gasteiger partial charge in [-0.05, 0) is 48.4 Å². The predicted octanol–water partition coefficient (Wildman–Crippen LogP) is 3.45. The Labute approximate surface area is 187 Å². The van der Waals surface area contributed by atoms with Gasteiger partial charge >= 0.3 is 0 Å². The first-order chi connectivity index (χ1) is 16.0. The molecule has 2 aromatic carbocycles. The standard InChI is InChI=1S/C24H20F2N4O3/c1-2-33-22-7-8-28-21-6-4-15(9-17(21)22)11-29-23(31)18-12-27-14-30(24(18)32)13-16-3-5-19(25)20(26)10-16/h3-10,12,14H,2,11,13H2,1H3,(H,29,31). The number of pyridine rings is 1. The van der Waals surface area contributed by atoms with Crippen molar-refractivity contribution >= 4 is 16.8 Å². The lowest BCUT2D eigenvalue weighted by Gasteiger charge is -2.10. The molecule has 0 aliphatic rings. The fraction of sp³-hybridized carbons (Fsp3) is 0.167. The van der Waals surface area contributed by atoms with Gasteiger partial charge in [-0.2, -0.15) is 0 Å². The zero-order chi connectivity index (χ0) is 23.4. The lowest BCUT2D eigenvalue weighted by molar-refractivity contribution is 0.0948. The molecular formula is C24H20F2N4O3. The largest absolute Gasteiger partial charge is 0.493 e. The maximum absolute atomic E-state index is 13.5. The second kappa shape index (κ2) is 9.56. The Morgan fingerprint density at radius 2 is 1.91 bits per heavy atom. The Bertz CT molecular complexity index is 1390. The molecule has 4 rings (SSSR count). The molecule has 0 fully saturated rings. The van der Waals surface area contributed by atoms with Crippen LogP contribution in [0.15, 0.2) is 66.0 Å². The molecule has 2 aromatic heterocycles. The number of rotatable bonds is 7. The van der Waals surface area contributed by atoms with Gasteiger partial charge in [0, 0.05) is 24.3 Å². The molecule has 0 aliphatic carbocycles. The summed E-state index contributed by atoms with van der Waals surface area (Å²) in [6, 6.07) is 10.7. The van der Waals surface area contributed by atoms with Crippen molar-refractivity contribution < 1.29 is 18.3 Å². The molecular weight excluding hydrogens is 430 g/mol. The quantitative estimate of drug-likeness (QED) is 0.466. The number of hydrogen-bond acceptors (Lipinski definition) is 5. The van der Waals surface area contributed by atoms with Gasteiger partial charge in [0.25, 0.3) is 11.5 Å². The summed E-state index contributed by atoms with van der Waals surface area (Å²) in [6.45, 7) is 2.52. The fourth-order valence-electron chi connectivity index (χ4n) is 3.39. The summed E-state index contributed by atoms with van der Waals surface area (Å²) in [5, 5.41) is 3.54. The highest BCUT2D eigenvalue weighted by atomic mass is 19.2. The van der Waals surface area contributed by atoms with Crippen LogP contribution in [-0.4, -0.2) is 27.0 Å². The predicted molar refractivity (Wildman–Crippen MR) is 118 cm³/mol. The van der Waals surface area contributed by atoms with E-state index in [-0.39, 0.29) is 18.7 Å². The molecule has 9 heteroatoms. The summed E-state index contributed by atoms with van der Waals surface area (Å²) in [7, 11) is 0. The molecule has 2 heterocycles. The molecule has 7 nitrogen and oxygen atoms in total. The van der Waals surface area contributed by atoms with Gasteiger partial charge in [-0.3, -0.25) is 19.1 Å². The van der Waals surface area contributed by atoms with Crippen LogP contribution < -0.4 is 15.6 Å². The lowest BCUT2D eigenvalue weighted by Crippen LogP contribution is -2.33. The van der Waals surface area contributed by atoms with Crippen LogP contribution in [-0.2, 0) is 13.1 Å². The van der Waals surface area contributed by atoms with Crippen molar-refractivity contribution in [3.63, 3.8) is 0 Å². The van der Waals surface area contributed by atoms with Crippen molar-refractivity contribution in [1.82, 2.24) is 19.9 Å². The molecule has 33 heavy (non-hydrogen) atoms. The molecule has 1 amide bonds. The first-order valence-corrected chi connectivity index (χ1v) is 10.2. The van der Waals surface area contributed by atoms with Gasteiger partial charge in [-0.15, -0.1) is 0 Å². The molecule has 0 saturated heterocycles. The smallest absolute Gasteiger partial charge is 0.266 e. The molecule has 0 bridgehead atoms. The summed E-state index contributed by atoms with van der Waals surface area (Å²) in [5.41, 5.74) is 1.19. The Morgan fingerprint density at radius 1 is 1.09 bits per heavy atom. The maximum atomic E-state index is 13.5. The van der Waals surface area contributed by atoms with Crippen molar-refractivity contribution in [1.29, 1.82) is 0 Å². The first kappa shape index (κ1) is 22.1. The average Bonchev–Trinajstić information content (AvgIpc) is 2.81. The van der Waals surface area contributed by atoms with Crippen molar-refractivity contribution in [3.8, 4) is 5.75 Å². The van der Waals surface area contributed by atoms with E-state index in [0.717, 1.165) is 33.2 Å². The summed E-state index contributed by atoms with van der Waals surface area (Å²) in [6.07, 6.45) is 4.09. The van der Waals surface area contributed by atoms with E-state index in [1.165, 1.54) is 18.6 Å². The van der Waals surface area contributed by atoms with Crippen LogP contribution in [0.25, 0.3) is 10.9 Å². The minimum Gasteiger partial charge on any atom is -0.493 e. The highest BCUT2D eigenvalue weighted by Gasteiger charge is 2.14. The van der Waals surface area contributed by atoms with Crippen LogP contribution in [0, 0.1) is 11.6 Å². The number of carbonyl (C=O) groups is 1. The summed E-state index contributed by atoms with van der Waals surface area (Å²) < 4.78 is 33.4. The van der Waals surface area contributed by atoms with Gasteiger partial charge in [-0.1, -0.05) is 12.1 Å². The number of hydrogen-bond donors (Lipinski definition) is 1. The second-order valence-corrected chi connectivity index (χ2v) is 7.27. The highest BCUT2D eigenvalue weighted by Crippen LogP contribution is 2.25. The van der Waals surface area contributed by atoms with Crippen LogP contribution in [0.1, 0.15) is 28.4 Å². The van der Waals surface area contributed by atoms with Gasteiger partial charge < -0.3 is 10.1 Å². The van der Waals surface area contributed by atoms with E-state index >= 15 is 0 Å². The Morgan fingerprint density at radius 3 is 2.70 bits per heavy atom. The minimum absolute atomic E-state index is 0.0535. The van der Waals surface area contributed by atoms with E-state index in [1.807, 2.05) is 25.1 Å². The monoisotopic (exact) mass is 450 g/mol. The zero-order valence-electron chi connectivity index (χ0n) is 17.7. The van der Waals surface area contributed by atoms with Crippen molar-refractivity contribution in [3.05, 3.63) is 99.9 Å². The molecule has 1 N–H and O–H groups in total. The molecule has 4 aromatic rings. The van der Waals surface area contributed by atoms with Gasteiger partial charge in [-0.25, -0.2) is 13.8 Å². The van der Waals surface area contributed by atoms with Crippen LogP contribution >= 0.6 is 0 Å². The topological polar surface area (TPSA) is 86.1 Å². The third-order valence-electron chi connectivity index (χ3n) is 5.00. The number of nitrogens with zero attached hydrogens (tertiary/aromatic N) is 3. The third-order valence-corrected chi connectivity index (χ3v) is 5.00. The van der Waals surface area contributed by atoms with E-state index in [9.17, 15) is 18.4 Å². The molecule has 0 unspecified atom stereocenters. The summed E-state index contributed by atoms with van der Waals surface area (Å²) >= 11 is 0. The summed E-state index contributed by atoms with van der Waals surface area (Å²) in [5.74, 6) is -1.89. The Hall–Kier alpha value is -4.14. The minimum atomic E-state index is -1.01. The number of carbonyl (C=O) groups excluding carboxylic acids is 1. The zero-order valence-corrected chi connectivity index (χ0v) is 17.7. The first-order valence-electron chi connectivity index (χ1n) is 10.2. The molecule has 0 saturated carbocycles. The van der Waals surface area contributed by atoms with E-state index in [4.69, 9.17) is 4.74 Å². The van der Waals surface area contributed by atoms with E-state index in [0.29, 0.717) is 17.9 Å². The molecule has 0 radical (unpaired) electrons. The van der Waals surface area contributed by atoms with Crippen LogP contribution in [0.4, 0.5) is 8.78 Å². The van der Waals surface area contributed by atoms with Crippen molar-refractivity contribution in [2.45, 2.75) is 20.0 Å². The lowest BCUT2D eigenvalue weighted by atomic mass is 10.1. The van der Waals surface area contributed by atoms with Crippen LogP contribution in [0.3, 0.4) is 0 Å². The Kier molecular flexibility index (Phi) is 6.39. The van der Waals surface area contributed by atoms with Crippen LogP contribution in [0.2, 0.25) is 0 Å². The number of amides is 1. The van der Waals surface area contributed by atoms with Crippen LogP contribution in [0.5, 0.6) is 5.75 Å². The second-order valence-electron chi connectivity index (χ2n) is 7.27. The van der Waals surface area contributed by atoms with Gasteiger partial charge in [0.1, 0.15) is 11.3 Å². The third kappa shape index (κ3) is 4.87. The number of nitrogens with one attached hydrogen (secondary N) is 1. The van der Waals surface area contributed by atoms with E-state index in [2.05, 4.69) is 15.3 Å². The molecule has 0 aliphatic heterocycles. The number of ether oxygens (including phenoxy) is 1. The summed E-state index contributed by atoms with van der Waals surface area (Å²) in [4.78, 5) is 33.7. The number of benzene rings is 2. The normalized spacial score (nSPS) is 10.9. The SMILES string of the molecule is CCOc1ccnc2ccc(CNC(=O)c3cncn(Cc4ccc(F)c(F)c4)c3=O)cc12. The number of aromatic nitrogens is 3. The van der Waals surface area contributed by atoms with Crippen molar-refractivity contribution in [2.75, 3.05) is 6.61 Å². The van der Waals surface area contributed by atoms with E-state index < -0.39 is 23.1 Å². The molecule has 0 spiro atoms. The van der Waals surface area contributed by atoms with Gasteiger partial charge in [0.2, 0.25) is 0 Å². The van der Waals surface area contributed by atoms with E-state index in [1.54, 1.807) is 12.3 Å². The van der Waals surface area contributed by atoms with Gasteiger partial charge in [0.15, 0.2) is 11.6 Å². The van der Waals surface area contributed by atoms with Gasteiger partial charge in [0.05, 0.1) is 25.0 Å². The van der Waals surface area contributed by atoms with Crippen molar-refractivity contribution in [2.24, 2.45) is 0 Å². The molecule has 0 atom stereocenters.